The lowest BCUT2D eigenvalue weighted by Gasteiger charge is -2.06. The fourth-order valence-corrected chi connectivity index (χ4v) is 1.91. The minimum Gasteiger partial charge on any atom is -0.396 e. The molecule has 0 unspecified atom stereocenters. The predicted molar refractivity (Wildman–Crippen MR) is 66.9 cm³/mol. The molecule has 88 valence electrons. The van der Waals surface area contributed by atoms with Gasteiger partial charge in [-0.1, -0.05) is 0 Å². The third kappa shape index (κ3) is 2.14. The topological polar surface area (TPSA) is 85.8 Å². The molecule has 2 aromatic heterocycles. The van der Waals surface area contributed by atoms with E-state index in [0.717, 1.165) is 0 Å². The van der Waals surface area contributed by atoms with Crippen LogP contribution in [0.15, 0.2) is 29.1 Å². The van der Waals surface area contributed by atoms with Gasteiger partial charge in [-0.2, -0.15) is 5.10 Å². The maximum absolute atomic E-state index is 11.4. The van der Waals surface area contributed by atoms with Crippen LogP contribution in [0.25, 0.3) is 5.69 Å². The van der Waals surface area contributed by atoms with E-state index in [0.29, 0.717) is 21.5 Å². The summed E-state index contributed by atoms with van der Waals surface area (Å²) >= 11 is 3.34. The van der Waals surface area contributed by atoms with Crippen LogP contribution in [0, 0.1) is 0 Å². The molecule has 0 fully saturated rings. The molecule has 0 aliphatic carbocycles. The van der Waals surface area contributed by atoms with Crippen molar-refractivity contribution >= 4 is 27.5 Å². The number of carbonyl (C=O) groups excluding carboxylic acids is 1. The van der Waals surface area contributed by atoms with Crippen molar-refractivity contribution in [2.45, 2.75) is 0 Å². The molecule has 0 spiro atoms. The summed E-state index contributed by atoms with van der Waals surface area (Å²) in [5, 5.41) is 6.64. The number of carbonyl (C=O) groups is 1. The number of amides is 1. The van der Waals surface area contributed by atoms with Crippen LogP contribution in [-0.2, 0) is 0 Å². The standard InChI is InChI=1S/C10H10BrN5O/c1-13-10(17)8-2-3-16(15-8)9-6(11)4-14-5-7(9)12/h2-5H,12H2,1H3,(H,13,17). The van der Waals surface area contributed by atoms with Crippen molar-refractivity contribution in [3.05, 3.63) is 34.8 Å². The van der Waals surface area contributed by atoms with E-state index in [1.807, 2.05) is 0 Å². The quantitative estimate of drug-likeness (QED) is 0.864. The number of aromatic nitrogens is 3. The van der Waals surface area contributed by atoms with E-state index in [-0.39, 0.29) is 5.91 Å². The van der Waals surface area contributed by atoms with Gasteiger partial charge in [0, 0.05) is 19.4 Å². The molecule has 0 aromatic carbocycles. The zero-order valence-electron chi connectivity index (χ0n) is 9.01. The first-order valence-electron chi connectivity index (χ1n) is 4.80. The molecule has 2 rings (SSSR count). The van der Waals surface area contributed by atoms with Crippen molar-refractivity contribution in [3.8, 4) is 5.69 Å². The summed E-state index contributed by atoms with van der Waals surface area (Å²) in [7, 11) is 1.55. The second-order valence-corrected chi connectivity index (χ2v) is 4.14. The molecule has 0 saturated carbocycles. The van der Waals surface area contributed by atoms with E-state index in [4.69, 9.17) is 5.73 Å². The molecule has 2 heterocycles. The van der Waals surface area contributed by atoms with Gasteiger partial charge in [0.15, 0.2) is 5.69 Å². The number of rotatable bonds is 2. The zero-order chi connectivity index (χ0) is 12.4. The Morgan fingerprint density at radius 3 is 2.94 bits per heavy atom. The zero-order valence-corrected chi connectivity index (χ0v) is 10.6. The number of hydrogen-bond donors (Lipinski definition) is 2. The highest BCUT2D eigenvalue weighted by atomic mass is 79.9. The van der Waals surface area contributed by atoms with E-state index in [9.17, 15) is 4.79 Å². The number of nitrogens with two attached hydrogens (primary N) is 1. The van der Waals surface area contributed by atoms with Gasteiger partial charge >= 0.3 is 0 Å². The van der Waals surface area contributed by atoms with Crippen LogP contribution in [0.3, 0.4) is 0 Å². The average Bonchev–Trinajstić information content (AvgIpc) is 2.77. The number of nitrogen functional groups attached to an aromatic ring is 1. The maximum atomic E-state index is 11.4. The highest BCUT2D eigenvalue weighted by molar-refractivity contribution is 9.10. The molecule has 1 amide bonds. The monoisotopic (exact) mass is 295 g/mol. The lowest BCUT2D eigenvalue weighted by molar-refractivity contribution is 0.0957. The van der Waals surface area contributed by atoms with E-state index in [2.05, 4.69) is 31.3 Å². The third-order valence-electron chi connectivity index (χ3n) is 2.18. The van der Waals surface area contributed by atoms with Crippen LogP contribution in [-0.4, -0.2) is 27.7 Å². The first-order valence-corrected chi connectivity index (χ1v) is 5.60. The van der Waals surface area contributed by atoms with E-state index in [1.54, 1.807) is 25.5 Å². The van der Waals surface area contributed by atoms with Gasteiger partial charge in [0.25, 0.3) is 5.91 Å². The normalized spacial score (nSPS) is 10.2. The molecule has 2 aromatic rings. The largest absolute Gasteiger partial charge is 0.396 e. The number of anilines is 1. The fourth-order valence-electron chi connectivity index (χ4n) is 1.38. The molecule has 17 heavy (non-hydrogen) atoms. The second-order valence-electron chi connectivity index (χ2n) is 3.28. The van der Waals surface area contributed by atoms with Gasteiger partial charge in [-0.3, -0.25) is 9.78 Å². The highest BCUT2D eigenvalue weighted by Gasteiger charge is 2.12. The first-order chi connectivity index (χ1) is 8.13. The number of nitrogens with zero attached hydrogens (tertiary/aromatic N) is 3. The number of pyridine rings is 1. The summed E-state index contributed by atoms with van der Waals surface area (Å²) < 4.78 is 2.25. The predicted octanol–water partition coefficient (Wildman–Crippen LogP) is 0.972. The molecule has 0 saturated heterocycles. The molecule has 0 bridgehead atoms. The Kier molecular flexibility index (Phi) is 3.10. The van der Waals surface area contributed by atoms with Gasteiger partial charge in [0.1, 0.15) is 5.69 Å². The van der Waals surface area contributed by atoms with Gasteiger partial charge in [-0.25, -0.2) is 4.68 Å². The minimum atomic E-state index is -0.243. The minimum absolute atomic E-state index is 0.243. The number of nitrogens with one attached hydrogen (secondary N) is 1. The average molecular weight is 296 g/mol. The SMILES string of the molecule is CNC(=O)c1ccn(-c2c(N)cncc2Br)n1. The van der Waals surface area contributed by atoms with Crippen molar-refractivity contribution in [2.24, 2.45) is 0 Å². The van der Waals surface area contributed by atoms with Crippen molar-refractivity contribution in [3.63, 3.8) is 0 Å². The molecule has 6 nitrogen and oxygen atoms in total. The molecule has 3 N–H and O–H groups in total. The van der Waals surface area contributed by atoms with Crippen LogP contribution >= 0.6 is 15.9 Å². The summed E-state index contributed by atoms with van der Waals surface area (Å²) in [5.41, 5.74) is 7.29. The summed E-state index contributed by atoms with van der Waals surface area (Å²) in [6.07, 6.45) is 4.81. The fraction of sp³-hybridized carbons (Fsp3) is 0.100. The van der Waals surface area contributed by atoms with Crippen molar-refractivity contribution in [1.29, 1.82) is 0 Å². The van der Waals surface area contributed by atoms with Crippen molar-refractivity contribution in [1.82, 2.24) is 20.1 Å². The van der Waals surface area contributed by atoms with Crippen molar-refractivity contribution in [2.75, 3.05) is 12.8 Å². The van der Waals surface area contributed by atoms with Crippen LogP contribution in [0.2, 0.25) is 0 Å². The van der Waals surface area contributed by atoms with E-state index >= 15 is 0 Å². The Labute approximate surface area is 106 Å². The van der Waals surface area contributed by atoms with Crippen LogP contribution < -0.4 is 11.1 Å². The molecular formula is C10H10BrN5O. The third-order valence-corrected chi connectivity index (χ3v) is 2.76. The van der Waals surface area contributed by atoms with Crippen LogP contribution in [0.4, 0.5) is 5.69 Å². The van der Waals surface area contributed by atoms with Gasteiger partial charge < -0.3 is 11.1 Å². The van der Waals surface area contributed by atoms with Gasteiger partial charge in [0.05, 0.1) is 16.4 Å². The maximum Gasteiger partial charge on any atom is 0.271 e. The molecule has 0 atom stereocenters. The van der Waals surface area contributed by atoms with Crippen LogP contribution in [0.1, 0.15) is 10.5 Å². The van der Waals surface area contributed by atoms with Crippen LogP contribution in [0.5, 0.6) is 0 Å². The number of hydrogen-bond acceptors (Lipinski definition) is 4. The Morgan fingerprint density at radius 1 is 1.53 bits per heavy atom. The Morgan fingerprint density at radius 2 is 2.29 bits per heavy atom. The Balaban J connectivity index is 2.47. The number of halogens is 1. The van der Waals surface area contributed by atoms with Gasteiger partial charge in [-0.15, -0.1) is 0 Å². The summed E-state index contributed by atoms with van der Waals surface area (Å²) in [6.45, 7) is 0. The summed E-state index contributed by atoms with van der Waals surface area (Å²) in [6, 6.07) is 1.62. The Hall–Kier alpha value is -1.89. The highest BCUT2D eigenvalue weighted by Crippen LogP contribution is 2.24. The lowest BCUT2D eigenvalue weighted by Crippen LogP contribution is -2.18. The first kappa shape index (κ1) is 11.6. The molecule has 0 aliphatic heterocycles. The van der Waals surface area contributed by atoms with E-state index in [1.165, 1.54) is 10.9 Å². The Bertz CT molecular complexity index is 545. The van der Waals surface area contributed by atoms with Gasteiger partial charge in [0.2, 0.25) is 0 Å². The van der Waals surface area contributed by atoms with Crippen molar-refractivity contribution < 1.29 is 4.79 Å². The summed E-state index contributed by atoms with van der Waals surface area (Å²) in [5.74, 6) is -0.243. The lowest BCUT2D eigenvalue weighted by atomic mass is 10.3. The molecule has 0 aliphatic rings. The smallest absolute Gasteiger partial charge is 0.271 e. The van der Waals surface area contributed by atoms with E-state index < -0.39 is 0 Å². The molecule has 7 heteroatoms. The second kappa shape index (κ2) is 4.54. The molecular weight excluding hydrogens is 286 g/mol. The van der Waals surface area contributed by atoms with Gasteiger partial charge in [-0.05, 0) is 22.0 Å². The summed E-state index contributed by atoms with van der Waals surface area (Å²) in [4.78, 5) is 15.3. The molecule has 0 radical (unpaired) electrons.